The zero-order valence-corrected chi connectivity index (χ0v) is 20.2. The smallest absolute Gasteiger partial charge is 0.291 e. The van der Waals surface area contributed by atoms with Crippen molar-refractivity contribution in [2.45, 2.75) is 6.61 Å². The van der Waals surface area contributed by atoms with Gasteiger partial charge < -0.3 is 19.2 Å². The molecule has 4 aromatic rings. The zero-order valence-electron chi connectivity index (χ0n) is 18.0. The van der Waals surface area contributed by atoms with Gasteiger partial charge in [-0.05, 0) is 48.5 Å². The first kappa shape index (κ1) is 25.3. The maximum absolute atomic E-state index is 13.2. The maximum atomic E-state index is 13.2. The van der Waals surface area contributed by atoms with Gasteiger partial charge in [-0.25, -0.2) is 4.39 Å². The fraction of sp³-hybridized carbons (Fsp3) is 0.0417. The summed E-state index contributed by atoms with van der Waals surface area (Å²) in [7, 11) is 0. The number of amides is 1. The van der Waals surface area contributed by atoms with Gasteiger partial charge in [-0.1, -0.05) is 34.8 Å². The Labute approximate surface area is 218 Å². The summed E-state index contributed by atoms with van der Waals surface area (Å²) in [5, 5.41) is 14.6. The summed E-state index contributed by atoms with van der Waals surface area (Å²) in [5.41, 5.74) is -0.237. The Kier molecular flexibility index (Phi) is 7.64. The average molecular weight is 552 g/mol. The molecule has 4 rings (SSSR count). The number of nitro benzene ring substituents is 1. The topological polar surface area (TPSA) is 104 Å². The lowest BCUT2D eigenvalue weighted by Crippen LogP contribution is -2.11. The number of anilines is 1. The standard InChI is InChI=1S/C24H14Cl3FN2O6/c25-13-1-4-22(19(26)7-13)36-18-10-15(9-16(11-18)30(32)33)29-24(31)23-6-3-17(35-23)12-34-21-5-2-14(28)8-20(21)27/h1-11H,12H2,(H,29,31). The Bertz CT molecular complexity index is 1460. The van der Waals surface area contributed by atoms with E-state index >= 15 is 0 Å². The fourth-order valence-electron chi connectivity index (χ4n) is 3.02. The first-order valence-electron chi connectivity index (χ1n) is 10.1. The number of hydrogen-bond donors (Lipinski definition) is 1. The third-order valence-corrected chi connectivity index (χ3v) is 5.46. The highest BCUT2D eigenvalue weighted by Crippen LogP contribution is 2.35. The molecule has 184 valence electrons. The van der Waals surface area contributed by atoms with Crippen LogP contribution in [-0.4, -0.2) is 10.8 Å². The van der Waals surface area contributed by atoms with Crippen LogP contribution in [0.2, 0.25) is 15.1 Å². The van der Waals surface area contributed by atoms with E-state index in [0.29, 0.717) is 10.8 Å². The number of carbonyl (C=O) groups is 1. The Morgan fingerprint density at radius 3 is 2.44 bits per heavy atom. The van der Waals surface area contributed by atoms with Gasteiger partial charge in [0.15, 0.2) is 5.76 Å². The van der Waals surface area contributed by atoms with Gasteiger partial charge in [0.05, 0.1) is 26.7 Å². The van der Waals surface area contributed by atoms with Crippen LogP contribution >= 0.6 is 34.8 Å². The van der Waals surface area contributed by atoms with E-state index in [4.69, 9.17) is 48.7 Å². The maximum Gasteiger partial charge on any atom is 0.291 e. The van der Waals surface area contributed by atoms with E-state index in [0.717, 1.165) is 12.1 Å². The van der Waals surface area contributed by atoms with Gasteiger partial charge in [0.1, 0.15) is 35.4 Å². The van der Waals surface area contributed by atoms with Crippen LogP contribution in [0.1, 0.15) is 16.3 Å². The van der Waals surface area contributed by atoms with Crippen LogP contribution in [-0.2, 0) is 6.61 Å². The number of halogens is 4. The molecule has 36 heavy (non-hydrogen) atoms. The van der Waals surface area contributed by atoms with Crippen molar-refractivity contribution in [2.75, 3.05) is 5.32 Å². The van der Waals surface area contributed by atoms with Gasteiger partial charge in [0.25, 0.3) is 11.6 Å². The van der Waals surface area contributed by atoms with Gasteiger partial charge in [-0.3, -0.25) is 14.9 Å². The highest BCUT2D eigenvalue weighted by atomic mass is 35.5. The Balaban J connectivity index is 1.48. The minimum Gasteiger partial charge on any atom is -0.484 e. The third-order valence-electron chi connectivity index (χ3n) is 4.63. The van der Waals surface area contributed by atoms with Crippen molar-refractivity contribution in [3.63, 3.8) is 0 Å². The molecule has 0 aliphatic rings. The lowest BCUT2D eigenvalue weighted by molar-refractivity contribution is -0.384. The molecule has 3 aromatic carbocycles. The molecule has 0 atom stereocenters. The Hall–Kier alpha value is -3.79. The predicted molar refractivity (Wildman–Crippen MR) is 132 cm³/mol. The second-order valence-electron chi connectivity index (χ2n) is 7.23. The average Bonchev–Trinajstić information content (AvgIpc) is 3.29. The molecule has 0 spiro atoms. The molecule has 0 aliphatic heterocycles. The molecular weight excluding hydrogens is 538 g/mol. The van der Waals surface area contributed by atoms with Crippen LogP contribution in [0.15, 0.2) is 71.1 Å². The number of ether oxygens (including phenoxy) is 2. The van der Waals surface area contributed by atoms with Crippen LogP contribution in [0, 0.1) is 15.9 Å². The minimum atomic E-state index is -0.669. The fourth-order valence-corrected chi connectivity index (χ4v) is 3.69. The monoisotopic (exact) mass is 550 g/mol. The normalized spacial score (nSPS) is 10.7. The van der Waals surface area contributed by atoms with E-state index in [9.17, 15) is 19.3 Å². The van der Waals surface area contributed by atoms with Crippen molar-refractivity contribution in [1.29, 1.82) is 0 Å². The van der Waals surface area contributed by atoms with Crippen molar-refractivity contribution < 1.29 is 28.0 Å². The van der Waals surface area contributed by atoms with Gasteiger partial charge >= 0.3 is 0 Å². The molecule has 1 amide bonds. The number of nitrogens with one attached hydrogen (secondary N) is 1. The van der Waals surface area contributed by atoms with E-state index in [1.54, 1.807) is 6.07 Å². The van der Waals surface area contributed by atoms with Gasteiger partial charge in [0, 0.05) is 17.2 Å². The van der Waals surface area contributed by atoms with E-state index in [1.165, 1.54) is 48.5 Å². The molecule has 0 radical (unpaired) electrons. The molecule has 0 aliphatic carbocycles. The first-order valence-corrected chi connectivity index (χ1v) is 11.2. The summed E-state index contributed by atoms with van der Waals surface area (Å²) >= 11 is 17.9. The van der Waals surface area contributed by atoms with Crippen molar-refractivity contribution in [2.24, 2.45) is 0 Å². The van der Waals surface area contributed by atoms with Gasteiger partial charge in [-0.2, -0.15) is 0 Å². The molecule has 0 fully saturated rings. The van der Waals surface area contributed by atoms with Crippen molar-refractivity contribution in [1.82, 2.24) is 0 Å². The summed E-state index contributed by atoms with van der Waals surface area (Å²) in [6, 6.07) is 14.8. The van der Waals surface area contributed by atoms with Gasteiger partial charge in [0.2, 0.25) is 0 Å². The highest BCUT2D eigenvalue weighted by Gasteiger charge is 2.17. The Morgan fingerprint density at radius 2 is 1.72 bits per heavy atom. The Morgan fingerprint density at radius 1 is 0.972 bits per heavy atom. The molecule has 12 heteroatoms. The molecule has 1 heterocycles. The molecule has 0 unspecified atom stereocenters. The van der Waals surface area contributed by atoms with Gasteiger partial charge in [-0.15, -0.1) is 0 Å². The summed E-state index contributed by atoms with van der Waals surface area (Å²) in [6.45, 7) is -0.0741. The number of hydrogen-bond acceptors (Lipinski definition) is 6. The van der Waals surface area contributed by atoms with Crippen LogP contribution in [0.3, 0.4) is 0 Å². The number of nitro groups is 1. The largest absolute Gasteiger partial charge is 0.484 e. The number of furan rings is 1. The molecule has 1 aromatic heterocycles. The lowest BCUT2D eigenvalue weighted by Gasteiger charge is -2.10. The van der Waals surface area contributed by atoms with E-state index in [2.05, 4.69) is 5.32 Å². The second kappa shape index (κ2) is 10.9. The van der Waals surface area contributed by atoms with E-state index in [1.807, 2.05) is 0 Å². The molecule has 0 saturated carbocycles. The van der Waals surface area contributed by atoms with E-state index in [-0.39, 0.29) is 51.0 Å². The van der Waals surface area contributed by atoms with Crippen LogP contribution in [0.4, 0.5) is 15.8 Å². The minimum absolute atomic E-state index is 0.0634. The number of carbonyl (C=O) groups excluding carboxylic acids is 1. The summed E-state index contributed by atoms with van der Waals surface area (Å²) in [5.74, 6) is -0.434. The quantitative estimate of drug-likeness (QED) is 0.176. The molecule has 1 N–H and O–H groups in total. The molecule has 8 nitrogen and oxygen atoms in total. The van der Waals surface area contributed by atoms with Crippen LogP contribution in [0.5, 0.6) is 17.2 Å². The SMILES string of the molecule is O=C(Nc1cc(Oc2ccc(Cl)cc2Cl)cc([N+](=O)[O-])c1)c1ccc(COc2ccc(F)cc2Cl)o1. The lowest BCUT2D eigenvalue weighted by atomic mass is 10.2. The van der Waals surface area contributed by atoms with E-state index < -0.39 is 16.6 Å². The zero-order chi connectivity index (χ0) is 25.8. The molecule has 0 bridgehead atoms. The number of benzene rings is 3. The summed E-state index contributed by atoms with van der Waals surface area (Å²) < 4.78 is 29.8. The second-order valence-corrected chi connectivity index (χ2v) is 8.48. The van der Waals surface area contributed by atoms with Crippen molar-refractivity contribution >= 4 is 52.1 Å². The molecular formula is C24H14Cl3FN2O6. The predicted octanol–water partition coefficient (Wildman–Crippen LogP) is 7.91. The highest BCUT2D eigenvalue weighted by molar-refractivity contribution is 6.35. The number of nitrogens with zero attached hydrogens (tertiary/aromatic N) is 1. The van der Waals surface area contributed by atoms with Crippen molar-refractivity contribution in [3.05, 3.63) is 109 Å². The number of rotatable bonds is 8. The first-order chi connectivity index (χ1) is 17.2. The van der Waals surface area contributed by atoms with Crippen LogP contribution < -0.4 is 14.8 Å². The third kappa shape index (κ3) is 6.25. The summed E-state index contributed by atoms with van der Waals surface area (Å²) in [6.07, 6.45) is 0. The number of non-ortho nitro benzene ring substituents is 1. The summed E-state index contributed by atoms with van der Waals surface area (Å²) in [4.78, 5) is 23.4. The van der Waals surface area contributed by atoms with Crippen LogP contribution in [0.25, 0.3) is 0 Å². The van der Waals surface area contributed by atoms with Crippen molar-refractivity contribution in [3.8, 4) is 17.2 Å². The molecule has 0 saturated heterocycles.